The normalized spacial score (nSPS) is 11.2. The Hall–Kier alpha value is -3.20. The first-order valence-corrected chi connectivity index (χ1v) is 10.9. The molecule has 1 N–H and O–H groups in total. The number of benzene rings is 3. The molecule has 32 heavy (non-hydrogen) atoms. The Morgan fingerprint density at radius 1 is 1.09 bits per heavy atom. The van der Waals surface area contributed by atoms with E-state index in [1.54, 1.807) is 36.5 Å². The summed E-state index contributed by atoms with van der Waals surface area (Å²) in [4.78, 5) is 20.4. The number of nitro benzene ring substituents is 1. The van der Waals surface area contributed by atoms with E-state index in [0.29, 0.717) is 37.0 Å². The third-order valence-corrected chi connectivity index (χ3v) is 5.91. The summed E-state index contributed by atoms with van der Waals surface area (Å²) in [5.74, 6) is 0.443. The van der Waals surface area contributed by atoms with Crippen LogP contribution in [0.5, 0.6) is 0 Å². The number of aliphatic imine (C=N–C) groups is 1. The highest BCUT2D eigenvalue weighted by atomic mass is 35.5. The quantitative estimate of drug-likeness (QED) is 0.182. The Balaban J connectivity index is 1.57. The van der Waals surface area contributed by atoms with Crippen LogP contribution in [-0.4, -0.2) is 26.3 Å². The molecule has 0 aliphatic carbocycles. The van der Waals surface area contributed by atoms with Gasteiger partial charge in [-0.15, -0.1) is 5.10 Å². The molecule has 160 valence electrons. The van der Waals surface area contributed by atoms with Crippen LogP contribution in [0.25, 0.3) is 11.4 Å². The molecule has 3 aromatic carbocycles. The fraction of sp³-hybridized carbons (Fsp3) is 0.0455. The number of nitro groups is 1. The average Bonchev–Trinajstić information content (AvgIpc) is 3.22. The lowest BCUT2D eigenvalue weighted by atomic mass is 10.2. The topological polar surface area (TPSA) is 97.1 Å². The number of nitrogens with one attached hydrogen (secondary N) is 1. The number of halogens is 2. The first kappa shape index (κ1) is 22.0. The maximum absolute atomic E-state index is 11.6. The number of nitrogens with zero attached hydrogens (tertiary/aromatic N) is 4. The summed E-state index contributed by atoms with van der Waals surface area (Å²) < 4.78 is 0. The number of rotatable bonds is 6. The van der Waals surface area contributed by atoms with Crippen molar-refractivity contribution in [1.29, 1.82) is 0 Å². The molecule has 0 saturated heterocycles. The molecule has 0 radical (unpaired) electrons. The highest BCUT2D eigenvalue weighted by molar-refractivity contribution is 7.99. The summed E-state index contributed by atoms with van der Waals surface area (Å²) in [5.41, 5.74) is 3.09. The van der Waals surface area contributed by atoms with Gasteiger partial charge >= 0.3 is 0 Å². The van der Waals surface area contributed by atoms with Gasteiger partial charge < -0.3 is 0 Å². The van der Waals surface area contributed by atoms with E-state index in [1.165, 1.54) is 6.07 Å². The van der Waals surface area contributed by atoms with Crippen molar-refractivity contribution in [3.05, 3.63) is 92.0 Å². The van der Waals surface area contributed by atoms with Crippen molar-refractivity contribution in [2.24, 2.45) is 4.99 Å². The van der Waals surface area contributed by atoms with Gasteiger partial charge in [0.2, 0.25) is 5.16 Å². The molecule has 0 spiro atoms. The van der Waals surface area contributed by atoms with Crippen molar-refractivity contribution in [2.45, 2.75) is 17.0 Å². The molecular formula is C22H15Cl2N5O2S. The number of aryl methyl sites for hydroxylation is 1. The maximum Gasteiger partial charge on any atom is 0.283 e. The van der Waals surface area contributed by atoms with E-state index < -0.39 is 4.92 Å². The molecule has 1 heterocycles. The van der Waals surface area contributed by atoms with E-state index in [-0.39, 0.29) is 5.69 Å². The lowest BCUT2D eigenvalue weighted by molar-refractivity contribution is -0.387. The van der Waals surface area contributed by atoms with Crippen molar-refractivity contribution in [3.63, 3.8) is 0 Å². The third-order valence-electron chi connectivity index (χ3n) is 4.43. The van der Waals surface area contributed by atoms with Crippen molar-refractivity contribution >= 4 is 52.6 Å². The molecule has 0 saturated carbocycles. The van der Waals surface area contributed by atoms with Crippen LogP contribution in [0.4, 0.5) is 11.4 Å². The van der Waals surface area contributed by atoms with E-state index in [2.05, 4.69) is 20.2 Å². The number of hydrogen-bond donors (Lipinski definition) is 1. The minimum atomic E-state index is -0.435. The lowest BCUT2D eigenvalue weighted by Gasteiger charge is -2.02. The third kappa shape index (κ3) is 5.16. The lowest BCUT2D eigenvalue weighted by Crippen LogP contribution is -1.93. The SMILES string of the molecule is Cc1ccc(N=Cc2ccc(Sc3n[nH]c(-c4ccc(Cl)cc4Cl)n3)c([N+](=O)[O-])c2)cc1. The molecule has 0 aliphatic rings. The fourth-order valence-corrected chi connectivity index (χ4v) is 4.11. The van der Waals surface area contributed by atoms with E-state index in [1.807, 2.05) is 31.2 Å². The number of aromatic amines is 1. The maximum atomic E-state index is 11.6. The number of aromatic nitrogens is 3. The highest BCUT2D eigenvalue weighted by Crippen LogP contribution is 2.35. The first-order chi connectivity index (χ1) is 15.4. The molecule has 10 heteroatoms. The molecule has 0 amide bonds. The van der Waals surface area contributed by atoms with Crippen LogP contribution >= 0.6 is 35.0 Å². The molecule has 4 aromatic rings. The van der Waals surface area contributed by atoms with Gasteiger partial charge in [0, 0.05) is 22.9 Å². The largest absolute Gasteiger partial charge is 0.283 e. The van der Waals surface area contributed by atoms with Gasteiger partial charge in [-0.25, -0.2) is 4.98 Å². The number of H-pyrrole nitrogens is 1. The van der Waals surface area contributed by atoms with Gasteiger partial charge in [-0.3, -0.25) is 20.2 Å². The van der Waals surface area contributed by atoms with Crippen LogP contribution in [0.2, 0.25) is 10.0 Å². The molecule has 0 atom stereocenters. The molecule has 0 unspecified atom stereocenters. The summed E-state index contributed by atoms with van der Waals surface area (Å²) >= 11 is 13.2. The van der Waals surface area contributed by atoms with E-state index in [4.69, 9.17) is 23.2 Å². The van der Waals surface area contributed by atoms with E-state index in [0.717, 1.165) is 23.0 Å². The zero-order valence-corrected chi connectivity index (χ0v) is 18.9. The van der Waals surface area contributed by atoms with E-state index >= 15 is 0 Å². The van der Waals surface area contributed by atoms with Crippen LogP contribution in [0.1, 0.15) is 11.1 Å². The van der Waals surface area contributed by atoms with Gasteiger partial charge in [0.05, 0.1) is 20.5 Å². The zero-order chi connectivity index (χ0) is 22.7. The zero-order valence-electron chi connectivity index (χ0n) is 16.6. The Morgan fingerprint density at radius 2 is 1.88 bits per heavy atom. The van der Waals surface area contributed by atoms with Crippen LogP contribution in [0.3, 0.4) is 0 Å². The highest BCUT2D eigenvalue weighted by Gasteiger charge is 2.18. The van der Waals surface area contributed by atoms with E-state index in [9.17, 15) is 10.1 Å². The average molecular weight is 484 g/mol. The predicted octanol–water partition coefficient (Wildman–Crippen LogP) is 6.90. The van der Waals surface area contributed by atoms with Crippen molar-refractivity contribution < 1.29 is 4.92 Å². The van der Waals surface area contributed by atoms with Crippen molar-refractivity contribution in [1.82, 2.24) is 15.2 Å². The van der Waals surface area contributed by atoms with Crippen LogP contribution in [-0.2, 0) is 0 Å². The minimum absolute atomic E-state index is 0.0567. The second-order valence-electron chi connectivity index (χ2n) is 6.77. The molecule has 4 rings (SSSR count). The summed E-state index contributed by atoms with van der Waals surface area (Å²) in [7, 11) is 0. The molecule has 7 nitrogen and oxygen atoms in total. The van der Waals surface area contributed by atoms with Crippen molar-refractivity contribution in [2.75, 3.05) is 0 Å². The predicted molar refractivity (Wildman–Crippen MR) is 127 cm³/mol. The number of hydrogen-bond acceptors (Lipinski definition) is 6. The van der Waals surface area contributed by atoms with Gasteiger partial charge in [0.25, 0.3) is 5.69 Å². The Bertz CT molecular complexity index is 1320. The van der Waals surface area contributed by atoms with Crippen LogP contribution in [0, 0.1) is 17.0 Å². The van der Waals surface area contributed by atoms with Gasteiger partial charge in [-0.2, -0.15) is 0 Å². The van der Waals surface area contributed by atoms with Gasteiger partial charge in [-0.05, 0) is 60.6 Å². The molecular weight excluding hydrogens is 469 g/mol. The van der Waals surface area contributed by atoms with Crippen LogP contribution < -0.4 is 0 Å². The molecule has 1 aromatic heterocycles. The second kappa shape index (κ2) is 9.52. The van der Waals surface area contributed by atoms with Gasteiger partial charge in [-0.1, -0.05) is 47.0 Å². The van der Waals surface area contributed by atoms with Gasteiger partial charge in [0.15, 0.2) is 5.82 Å². The Morgan fingerprint density at radius 3 is 2.59 bits per heavy atom. The Kier molecular flexibility index (Phi) is 6.55. The first-order valence-electron chi connectivity index (χ1n) is 9.34. The van der Waals surface area contributed by atoms with Crippen molar-refractivity contribution in [3.8, 4) is 11.4 Å². The summed E-state index contributed by atoms with van der Waals surface area (Å²) in [6.07, 6.45) is 1.60. The van der Waals surface area contributed by atoms with Crippen LogP contribution in [0.15, 0.2) is 75.7 Å². The smallest absolute Gasteiger partial charge is 0.258 e. The summed E-state index contributed by atoms with van der Waals surface area (Å²) in [6.45, 7) is 1.99. The second-order valence-corrected chi connectivity index (χ2v) is 8.62. The fourth-order valence-electron chi connectivity index (χ4n) is 2.82. The summed E-state index contributed by atoms with van der Waals surface area (Å²) in [5, 5.41) is 19.9. The summed E-state index contributed by atoms with van der Waals surface area (Å²) in [6, 6.07) is 17.6. The molecule has 0 fully saturated rings. The molecule has 0 bridgehead atoms. The molecule has 0 aliphatic heterocycles. The van der Waals surface area contributed by atoms with Gasteiger partial charge in [0.1, 0.15) is 0 Å². The monoisotopic (exact) mass is 483 g/mol. The Labute approximate surface area is 197 Å². The minimum Gasteiger partial charge on any atom is -0.258 e. The standard InChI is InChI=1S/C22H15Cl2N5O2S/c1-13-2-6-16(7-3-13)25-12-14-4-9-20(19(10-14)29(30)31)32-22-26-21(27-28-22)17-8-5-15(23)11-18(17)24/h2-12H,1H3,(H,26,27,28).